The summed E-state index contributed by atoms with van der Waals surface area (Å²) in [6.07, 6.45) is 2.73. The highest BCUT2D eigenvalue weighted by molar-refractivity contribution is 6.30. The van der Waals surface area contributed by atoms with Crippen molar-refractivity contribution >= 4 is 17.5 Å². The SMILES string of the molecule is Cc1ccccc1CN1CCC(C(=O)NCCc2ccc(Cl)cc2)CC1. The molecule has 1 amide bonds. The number of hydrogen-bond acceptors (Lipinski definition) is 2. The molecule has 0 aliphatic carbocycles. The maximum atomic E-state index is 12.4. The van der Waals surface area contributed by atoms with Gasteiger partial charge in [-0.3, -0.25) is 9.69 Å². The largest absolute Gasteiger partial charge is 0.356 e. The van der Waals surface area contributed by atoms with Gasteiger partial charge < -0.3 is 5.32 Å². The molecule has 0 radical (unpaired) electrons. The fourth-order valence-corrected chi connectivity index (χ4v) is 3.63. The van der Waals surface area contributed by atoms with E-state index in [2.05, 4.69) is 41.4 Å². The van der Waals surface area contributed by atoms with Gasteiger partial charge in [-0.05, 0) is 68.1 Å². The Bertz CT molecular complexity index is 721. The van der Waals surface area contributed by atoms with Crippen LogP contribution in [0.5, 0.6) is 0 Å². The average Bonchev–Trinajstić information content (AvgIpc) is 2.66. The molecule has 0 spiro atoms. The molecule has 26 heavy (non-hydrogen) atoms. The van der Waals surface area contributed by atoms with Gasteiger partial charge in [-0.2, -0.15) is 0 Å². The van der Waals surface area contributed by atoms with E-state index in [4.69, 9.17) is 11.6 Å². The van der Waals surface area contributed by atoms with Gasteiger partial charge in [-0.15, -0.1) is 0 Å². The van der Waals surface area contributed by atoms with E-state index in [1.54, 1.807) is 0 Å². The van der Waals surface area contributed by atoms with Crippen molar-refractivity contribution in [2.45, 2.75) is 32.7 Å². The van der Waals surface area contributed by atoms with Crippen molar-refractivity contribution in [3.05, 3.63) is 70.2 Å². The first-order valence-corrected chi connectivity index (χ1v) is 9.78. The highest BCUT2D eigenvalue weighted by atomic mass is 35.5. The fraction of sp³-hybridized carbons (Fsp3) is 0.409. The number of halogens is 1. The summed E-state index contributed by atoms with van der Waals surface area (Å²) in [5.74, 6) is 0.350. The second-order valence-electron chi connectivity index (χ2n) is 7.14. The van der Waals surface area contributed by atoms with Crippen LogP contribution >= 0.6 is 11.6 Å². The standard InChI is InChI=1S/C22H27ClN2O/c1-17-4-2-3-5-20(17)16-25-14-11-19(12-15-25)22(26)24-13-10-18-6-8-21(23)9-7-18/h2-9,19H,10-16H2,1H3,(H,24,26). The molecule has 0 aromatic heterocycles. The van der Waals surface area contributed by atoms with E-state index in [0.29, 0.717) is 6.54 Å². The Morgan fingerprint density at radius 2 is 1.81 bits per heavy atom. The van der Waals surface area contributed by atoms with Gasteiger partial charge >= 0.3 is 0 Å². The van der Waals surface area contributed by atoms with Gasteiger partial charge in [0.1, 0.15) is 0 Å². The molecule has 0 saturated carbocycles. The average molecular weight is 371 g/mol. The van der Waals surface area contributed by atoms with E-state index < -0.39 is 0 Å². The number of carbonyl (C=O) groups is 1. The second-order valence-corrected chi connectivity index (χ2v) is 7.58. The van der Waals surface area contributed by atoms with Gasteiger partial charge in [0.2, 0.25) is 5.91 Å². The van der Waals surface area contributed by atoms with Crippen molar-refractivity contribution in [1.29, 1.82) is 0 Å². The minimum absolute atomic E-state index is 0.147. The molecule has 0 unspecified atom stereocenters. The number of rotatable bonds is 6. The van der Waals surface area contributed by atoms with Gasteiger partial charge in [-0.25, -0.2) is 0 Å². The van der Waals surface area contributed by atoms with Crippen LogP contribution < -0.4 is 5.32 Å². The molecule has 4 heteroatoms. The quantitative estimate of drug-likeness (QED) is 0.825. The van der Waals surface area contributed by atoms with Gasteiger partial charge in [0.05, 0.1) is 0 Å². The van der Waals surface area contributed by atoms with Gasteiger partial charge in [0.15, 0.2) is 0 Å². The predicted octanol–water partition coefficient (Wildman–Crippen LogP) is 4.22. The van der Waals surface area contributed by atoms with Crippen molar-refractivity contribution in [3.63, 3.8) is 0 Å². The minimum atomic E-state index is 0.147. The molecule has 2 aromatic rings. The summed E-state index contributed by atoms with van der Waals surface area (Å²) in [5, 5.41) is 3.84. The van der Waals surface area contributed by atoms with Crippen LogP contribution in [0.3, 0.4) is 0 Å². The molecule has 1 aliphatic rings. The summed E-state index contributed by atoms with van der Waals surface area (Å²) in [7, 11) is 0. The van der Waals surface area contributed by atoms with E-state index in [1.165, 1.54) is 16.7 Å². The van der Waals surface area contributed by atoms with E-state index >= 15 is 0 Å². The van der Waals surface area contributed by atoms with Crippen molar-refractivity contribution in [1.82, 2.24) is 10.2 Å². The summed E-state index contributed by atoms with van der Waals surface area (Å²) in [5.41, 5.74) is 3.93. The molecule has 0 bridgehead atoms. The van der Waals surface area contributed by atoms with Gasteiger partial charge in [0, 0.05) is 24.0 Å². The number of benzene rings is 2. The maximum Gasteiger partial charge on any atom is 0.223 e. The molecule has 1 N–H and O–H groups in total. The van der Waals surface area contributed by atoms with Crippen molar-refractivity contribution in [2.24, 2.45) is 5.92 Å². The number of aryl methyl sites for hydroxylation is 1. The van der Waals surface area contributed by atoms with Crippen LogP contribution in [-0.4, -0.2) is 30.4 Å². The van der Waals surface area contributed by atoms with Gasteiger partial charge in [-0.1, -0.05) is 48.0 Å². The molecule has 1 heterocycles. The molecule has 1 saturated heterocycles. The topological polar surface area (TPSA) is 32.3 Å². The maximum absolute atomic E-state index is 12.4. The molecule has 3 nitrogen and oxygen atoms in total. The highest BCUT2D eigenvalue weighted by Gasteiger charge is 2.24. The van der Waals surface area contributed by atoms with Crippen molar-refractivity contribution in [2.75, 3.05) is 19.6 Å². The first-order valence-electron chi connectivity index (χ1n) is 9.41. The van der Waals surface area contributed by atoms with Crippen LogP contribution in [-0.2, 0) is 17.8 Å². The molecule has 1 aliphatic heterocycles. The number of piperidine rings is 1. The Morgan fingerprint density at radius 3 is 2.50 bits per heavy atom. The molecular weight excluding hydrogens is 344 g/mol. The summed E-state index contributed by atoms with van der Waals surface area (Å²) in [4.78, 5) is 14.9. The number of hydrogen-bond donors (Lipinski definition) is 1. The zero-order valence-corrected chi connectivity index (χ0v) is 16.1. The van der Waals surface area contributed by atoms with Crippen LogP contribution in [0.1, 0.15) is 29.5 Å². The Hall–Kier alpha value is -1.84. The zero-order valence-electron chi connectivity index (χ0n) is 15.4. The Kier molecular flexibility index (Phi) is 6.70. The van der Waals surface area contributed by atoms with Crippen LogP contribution in [0.2, 0.25) is 5.02 Å². The van der Waals surface area contributed by atoms with Gasteiger partial charge in [0.25, 0.3) is 0 Å². The first-order chi connectivity index (χ1) is 12.6. The van der Waals surface area contributed by atoms with Crippen LogP contribution in [0.4, 0.5) is 0 Å². The van der Waals surface area contributed by atoms with E-state index in [-0.39, 0.29) is 11.8 Å². The number of amides is 1. The highest BCUT2D eigenvalue weighted by Crippen LogP contribution is 2.20. The summed E-state index contributed by atoms with van der Waals surface area (Å²) in [6, 6.07) is 16.4. The molecular formula is C22H27ClN2O. The predicted molar refractivity (Wildman–Crippen MR) is 107 cm³/mol. The van der Waals surface area contributed by atoms with E-state index in [0.717, 1.165) is 43.9 Å². The molecule has 3 rings (SSSR count). The fourth-order valence-electron chi connectivity index (χ4n) is 3.51. The van der Waals surface area contributed by atoms with Crippen LogP contribution in [0, 0.1) is 12.8 Å². The van der Waals surface area contributed by atoms with Crippen molar-refractivity contribution < 1.29 is 4.79 Å². The number of nitrogens with one attached hydrogen (secondary N) is 1. The smallest absolute Gasteiger partial charge is 0.223 e. The lowest BCUT2D eigenvalue weighted by Crippen LogP contribution is -2.40. The lowest BCUT2D eigenvalue weighted by Gasteiger charge is -2.31. The number of likely N-dealkylation sites (tertiary alicyclic amines) is 1. The Balaban J connectivity index is 1.39. The third kappa shape index (κ3) is 5.33. The van der Waals surface area contributed by atoms with E-state index in [9.17, 15) is 4.79 Å². The molecule has 138 valence electrons. The lowest BCUT2D eigenvalue weighted by molar-refractivity contribution is -0.126. The Morgan fingerprint density at radius 1 is 1.12 bits per heavy atom. The third-order valence-corrected chi connectivity index (χ3v) is 5.49. The minimum Gasteiger partial charge on any atom is -0.356 e. The normalized spacial score (nSPS) is 15.8. The van der Waals surface area contributed by atoms with E-state index in [1.807, 2.05) is 24.3 Å². The molecule has 2 aromatic carbocycles. The first kappa shape index (κ1) is 18.9. The molecule has 0 atom stereocenters. The number of carbonyl (C=O) groups excluding carboxylic acids is 1. The van der Waals surface area contributed by atoms with Crippen molar-refractivity contribution in [3.8, 4) is 0 Å². The zero-order chi connectivity index (χ0) is 18.4. The number of nitrogens with zero attached hydrogens (tertiary/aromatic N) is 1. The second kappa shape index (κ2) is 9.20. The summed E-state index contributed by atoms with van der Waals surface area (Å²) in [6.45, 7) is 5.81. The lowest BCUT2D eigenvalue weighted by atomic mass is 9.95. The Labute approximate surface area is 161 Å². The van der Waals surface area contributed by atoms with Crippen LogP contribution in [0.15, 0.2) is 48.5 Å². The third-order valence-electron chi connectivity index (χ3n) is 5.24. The van der Waals surface area contributed by atoms with Crippen LogP contribution in [0.25, 0.3) is 0 Å². The monoisotopic (exact) mass is 370 g/mol. The summed E-state index contributed by atoms with van der Waals surface area (Å²) >= 11 is 5.90. The molecule has 1 fully saturated rings. The summed E-state index contributed by atoms with van der Waals surface area (Å²) < 4.78 is 0.